The van der Waals surface area contributed by atoms with Gasteiger partial charge in [0, 0.05) is 12.7 Å². The van der Waals surface area contributed by atoms with Crippen molar-refractivity contribution in [1.82, 2.24) is 5.32 Å². The zero-order chi connectivity index (χ0) is 15.1. The van der Waals surface area contributed by atoms with Crippen LogP contribution in [0.5, 0.6) is 0 Å². The summed E-state index contributed by atoms with van der Waals surface area (Å²) in [6.07, 6.45) is 4.05. The monoisotopic (exact) mass is 279 g/mol. The average Bonchev–Trinajstić information content (AvgIpc) is 2.58. The predicted molar refractivity (Wildman–Crippen MR) is 77.1 cm³/mol. The molecule has 1 unspecified atom stereocenters. The molecule has 1 aliphatic carbocycles. The van der Waals surface area contributed by atoms with Crippen molar-refractivity contribution in [3.05, 3.63) is 23.3 Å². The van der Waals surface area contributed by atoms with E-state index in [0.717, 1.165) is 11.2 Å². The number of carboxylic acid groups (broad SMARTS) is 1. The Balaban J connectivity index is 2.24. The van der Waals surface area contributed by atoms with Crippen molar-refractivity contribution < 1.29 is 19.2 Å². The van der Waals surface area contributed by atoms with Crippen LogP contribution in [0.15, 0.2) is 23.3 Å². The fourth-order valence-electron chi connectivity index (χ4n) is 2.31. The van der Waals surface area contributed by atoms with Gasteiger partial charge in [0.1, 0.15) is 0 Å². The van der Waals surface area contributed by atoms with Gasteiger partial charge >= 0.3 is 13.1 Å². The first-order valence-electron chi connectivity index (χ1n) is 6.85. The van der Waals surface area contributed by atoms with E-state index in [1.165, 1.54) is 0 Å². The molecule has 2 aliphatic rings. The molecule has 2 rings (SSSR count). The highest BCUT2D eigenvalue weighted by atomic mass is 16.7. The maximum Gasteiger partial charge on any atom is 0.490 e. The Hall–Kier alpha value is -1.27. The van der Waals surface area contributed by atoms with Gasteiger partial charge in [0.05, 0.1) is 17.1 Å². The van der Waals surface area contributed by atoms with Crippen molar-refractivity contribution in [2.24, 2.45) is 5.92 Å². The van der Waals surface area contributed by atoms with E-state index in [4.69, 9.17) is 9.31 Å². The highest BCUT2D eigenvalue weighted by Crippen LogP contribution is 2.40. The average molecular weight is 279 g/mol. The van der Waals surface area contributed by atoms with Gasteiger partial charge in [0.2, 0.25) is 0 Å². The lowest BCUT2D eigenvalue weighted by atomic mass is 9.71. The summed E-state index contributed by atoms with van der Waals surface area (Å²) in [4.78, 5) is 11.2. The second kappa shape index (κ2) is 4.93. The standard InChI is InChI=1S/C14H22BNO4/c1-13(2)14(3,4)20-15(19-13)10-6-9(12(17)18)7-11(8-10)16-5/h7-9,16H,6H2,1-5H3,(H,17,18). The fourth-order valence-corrected chi connectivity index (χ4v) is 2.31. The molecule has 1 saturated heterocycles. The third-order valence-electron chi connectivity index (χ3n) is 4.34. The largest absolute Gasteiger partial charge is 0.490 e. The fraction of sp³-hybridized carbons (Fsp3) is 0.643. The first-order chi connectivity index (χ1) is 9.16. The van der Waals surface area contributed by atoms with Crippen LogP contribution in [0, 0.1) is 5.92 Å². The van der Waals surface area contributed by atoms with Crippen LogP contribution >= 0.6 is 0 Å². The van der Waals surface area contributed by atoms with Crippen LogP contribution in [-0.4, -0.2) is 36.4 Å². The second-order valence-electron chi connectivity index (χ2n) is 6.33. The van der Waals surface area contributed by atoms with Crippen LogP contribution in [0.2, 0.25) is 0 Å². The number of likely N-dealkylation sites (N-methyl/N-ethyl adjacent to an activating group) is 1. The molecule has 1 aliphatic heterocycles. The Morgan fingerprint density at radius 2 is 1.90 bits per heavy atom. The van der Waals surface area contributed by atoms with E-state index in [2.05, 4.69) is 5.32 Å². The Morgan fingerprint density at radius 3 is 2.35 bits per heavy atom. The van der Waals surface area contributed by atoms with Crippen LogP contribution in [0.1, 0.15) is 34.1 Å². The molecule has 0 saturated carbocycles. The maximum absolute atomic E-state index is 11.2. The number of carboxylic acids is 1. The molecule has 5 nitrogen and oxygen atoms in total. The molecule has 110 valence electrons. The van der Waals surface area contributed by atoms with Crippen molar-refractivity contribution in [3.8, 4) is 0 Å². The van der Waals surface area contributed by atoms with Gasteiger partial charge in [-0.1, -0.05) is 0 Å². The number of hydrogen-bond acceptors (Lipinski definition) is 4. The molecule has 6 heteroatoms. The number of rotatable bonds is 3. The molecule has 20 heavy (non-hydrogen) atoms. The Labute approximate surface area is 120 Å². The van der Waals surface area contributed by atoms with E-state index in [1.54, 1.807) is 13.1 Å². The van der Waals surface area contributed by atoms with E-state index in [1.807, 2.05) is 33.8 Å². The first-order valence-corrected chi connectivity index (χ1v) is 6.85. The summed E-state index contributed by atoms with van der Waals surface area (Å²) in [6.45, 7) is 7.94. The van der Waals surface area contributed by atoms with Crippen LogP contribution < -0.4 is 5.32 Å². The molecule has 0 aromatic carbocycles. The van der Waals surface area contributed by atoms with Crippen molar-refractivity contribution in [2.45, 2.75) is 45.3 Å². The van der Waals surface area contributed by atoms with Crippen molar-refractivity contribution >= 4 is 13.1 Å². The Bertz CT molecular complexity index is 466. The van der Waals surface area contributed by atoms with Crippen molar-refractivity contribution in [2.75, 3.05) is 7.05 Å². The summed E-state index contributed by atoms with van der Waals surface area (Å²) in [5.74, 6) is -1.38. The number of allylic oxidation sites excluding steroid dienone is 2. The van der Waals surface area contributed by atoms with Gasteiger partial charge in [-0.15, -0.1) is 0 Å². The minimum absolute atomic E-state index is 0.414. The molecule has 1 atom stereocenters. The second-order valence-corrected chi connectivity index (χ2v) is 6.33. The number of hydrogen-bond donors (Lipinski definition) is 2. The first kappa shape index (κ1) is 15.1. The van der Waals surface area contributed by atoms with E-state index in [9.17, 15) is 9.90 Å². The van der Waals surface area contributed by atoms with Gasteiger partial charge < -0.3 is 19.7 Å². The molecule has 1 heterocycles. The lowest BCUT2D eigenvalue weighted by molar-refractivity contribution is -0.140. The van der Waals surface area contributed by atoms with Gasteiger partial charge in [0.15, 0.2) is 0 Å². The van der Waals surface area contributed by atoms with E-state index in [-0.39, 0.29) is 0 Å². The molecule has 1 fully saturated rings. The number of carbonyl (C=O) groups is 1. The predicted octanol–water partition coefficient (Wildman–Crippen LogP) is 1.75. The van der Waals surface area contributed by atoms with Crippen LogP contribution in [0.4, 0.5) is 0 Å². The van der Waals surface area contributed by atoms with Gasteiger partial charge in [-0.2, -0.15) is 0 Å². The molecular formula is C14H22BNO4. The highest BCUT2D eigenvalue weighted by Gasteiger charge is 2.52. The molecule has 2 N–H and O–H groups in total. The Kier molecular flexibility index (Phi) is 3.73. The summed E-state index contributed by atoms with van der Waals surface area (Å²) < 4.78 is 12.0. The summed E-state index contributed by atoms with van der Waals surface area (Å²) in [6, 6.07) is 0. The third-order valence-corrected chi connectivity index (χ3v) is 4.34. The topological polar surface area (TPSA) is 67.8 Å². The zero-order valence-corrected chi connectivity index (χ0v) is 12.7. The van der Waals surface area contributed by atoms with E-state index >= 15 is 0 Å². The maximum atomic E-state index is 11.2. The molecule has 0 aromatic heterocycles. The van der Waals surface area contributed by atoms with E-state index in [0.29, 0.717) is 6.42 Å². The highest BCUT2D eigenvalue weighted by molar-refractivity contribution is 6.54. The summed E-state index contributed by atoms with van der Waals surface area (Å²) in [5.41, 5.74) is 0.812. The van der Waals surface area contributed by atoms with Crippen molar-refractivity contribution in [3.63, 3.8) is 0 Å². The molecule has 0 amide bonds. The van der Waals surface area contributed by atoms with Crippen molar-refractivity contribution in [1.29, 1.82) is 0 Å². The SMILES string of the molecule is CNC1=CC(C(=O)O)CC(B2OC(C)(C)C(C)(C)O2)=C1. The Morgan fingerprint density at radius 1 is 1.35 bits per heavy atom. The number of aliphatic carboxylic acids is 1. The normalized spacial score (nSPS) is 27.9. The number of nitrogens with one attached hydrogen (secondary N) is 1. The molecule has 0 aromatic rings. The minimum Gasteiger partial charge on any atom is -0.481 e. The zero-order valence-electron chi connectivity index (χ0n) is 12.7. The van der Waals surface area contributed by atoms with E-state index < -0.39 is 30.2 Å². The molecule has 0 spiro atoms. The smallest absolute Gasteiger partial charge is 0.481 e. The quantitative estimate of drug-likeness (QED) is 0.770. The van der Waals surface area contributed by atoms with Crippen LogP contribution in [0.3, 0.4) is 0 Å². The summed E-state index contributed by atoms with van der Waals surface area (Å²) >= 11 is 0. The van der Waals surface area contributed by atoms with Gasteiger partial charge in [0.25, 0.3) is 0 Å². The molecule has 0 bridgehead atoms. The van der Waals surface area contributed by atoms with Crippen LogP contribution in [-0.2, 0) is 14.1 Å². The van der Waals surface area contributed by atoms with Gasteiger partial charge in [-0.05, 0) is 51.7 Å². The molecular weight excluding hydrogens is 257 g/mol. The van der Waals surface area contributed by atoms with Gasteiger partial charge in [-0.3, -0.25) is 4.79 Å². The summed E-state index contributed by atoms with van der Waals surface area (Å²) in [5, 5.41) is 12.2. The summed E-state index contributed by atoms with van der Waals surface area (Å²) in [7, 11) is 1.29. The third kappa shape index (κ3) is 2.62. The lowest BCUT2D eigenvalue weighted by Crippen LogP contribution is -2.41. The van der Waals surface area contributed by atoms with Gasteiger partial charge in [-0.25, -0.2) is 0 Å². The minimum atomic E-state index is -0.833. The lowest BCUT2D eigenvalue weighted by Gasteiger charge is -2.32. The molecule has 0 radical (unpaired) electrons. The van der Waals surface area contributed by atoms with Crippen LogP contribution in [0.25, 0.3) is 0 Å².